The molecule has 0 aromatic heterocycles. The Labute approximate surface area is 247 Å². The molecule has 2 heterocycles. The van der Waals surface area contributed by atoms with E-state index in [4.69, 9.17) is 0 Å². The second-order valence-electron chi connectivity index (χ2n) is 10.8. The molecule has 0 atom stereocenters. The summed E-state index contributed by atoms with van der Waals surface area (Å²) in [4.78, 5) is 4.88. The molecule has 0 radical (unpaired) electrons. The van der Waals surface area contributed by atoms with Crippen molar-refractivity contribution in [1.29, 1.82) is 0 Å². The Bertz CT molecular complexity index is 1380. The fourth-order valence-electron chi connectivity index (χ4n) is 5.28. The Balaban J connectivity index is 0.996. The first kappa shape index (κ1) is 27.4. The number of hydrogen-bond acceptors (Lipinski definition) is 8. The van der Waals surface area contributed by atoms with Crippen LogP contribution in [0, 0.1) is 0 Å². The zero-order valence-corrected chi connectivity index (χ0v) is 23.9. The van der Waals surface area contributed by atoms with Gasteiger partial charge >= 0.3 is 0 Å². The van der Waals surface area contributed by atoms with E-state index in [2.05, 4.69) is 64.8 Å². The predicted molar refractivity (Wildman–Crippen MR) is 170 cm³/mol. The van der Waals surface area contributed by atoms with E-state index in [9.17, 15) is 0 Å². The highest BCUT2D eigenvalue weighted by atomic mass is 15.1. The first-order valence-electron chi connectivity index (χ1n) is 14.9. The third-order valence-electron chi connectivity index (χ3n) is 7.68. The van der Waals surface area contributed by atoms with Crippen LogP contribution in [0.2, 0.25) is 0 Å². The topological polar surface area (TPSA) is 80.6 Å². The van der Waals surface area contributed by atoms with Gasteiger partial charge in [-0.05, 0) is 136 Å². The maximum absolute atomic E-state index is 4.39. The number of benzene rings is 4. The summed E-state index contributed by atoms with van der Waals surface area (Å²) in [5, 5.41) is 26.2. The molecule has 2 fully saturated rings. The smallest absolute Gasteiger partial charge is 0.0858 e. The van der Waals surface area contributed by atoms with Gasteiger partial charge in [0.15, 0.2) is 0 Å². The third-order valence-corrected chi connectivity index (χ3v) is 7.68. The lowest BCUT2D eigenvalue weighted by atomic mass is 10.1. The lowest BCUT2D eigenvalue weighted by molar-refractivity contribution is 0.578. The van der Waals surface area contributed by atoms with E-state index in [0.29, 0.717) is 0 Å². The molecule has 0 unspecified atom stereocenters. The standard InChI is InChI=1S/C34H36N8/c1-3-23-41(24-4-1)33-19-15-31(16-20-33)39-37-29-11-7-27(8-12-29)35-36-28-9-13-30(14-10-28)38-40-32-17-21-34(22-18-32)42-25-5-2-6-26-42/h7-22H,1-6,23-26H2/b36-35+,39-37+,40-38+. The maximum atomic E-state index is 4.39. The second kappa shape index (κ2) is 13.8. The lowest BCUT2D eigenvalue weighted by Gasteiger charge is -2.28. The molecule has 4 aromatic rings. The second-order valence-corrected chi connectivity index (χ2v) is 10.8. The minimum Gasteiger partial charge on any atom is -0.372 e. The highest BCUT2D eigenvalue weighted by molar-refractivity contribution is 5.55. The average molecular weight is 557 g/mol. The Kier molecular flexibility index (Phi) is 9.00. The fraction of sp³-hybridized carbons (Fsp3) is 0.294. The SMILES string of the molecule is c1cc(/N=N/c2ccc(N3CCCCC3)cc2)ccc1/N=N/c1ccc(/N=N/c2ccc(N3CCCCC3)cc2)cc1. The Morgan fingerprint density at radius 3 is 0.738 bits per heavy atom. The van der Waals surface area contributed by atoms with Gasteiger partial charge in [-0.2, -0.15) is 30.7 Å². The molecule has 0 spiro atoms. The van der Waals surface area contributed by atoms with Gasteiger partial charge in [-0.1, -0.05) is 0 Å². The van der Waals surface area contributed by atoms with Crippen molar-refractivity contribution in [2.75, 3.05) is 36.0 Å². The largest absolute Gasteiger partial charge is 0.372 e. The molecule has 0 bridgehead atoms. The van der Waals surface area contributed by atoms with Crippen LogP contribution in [0.15, 0.2) is 128 Å². The van der Waals surface area contributed by atoms with E-state index in [1.807, 2.05) is 72.8 Å². The molecule has 0 N–H and O–H groups in total. The summed E-state index contributed by atoms with van der Waals surface area (Å²) in [6, 6.07) is 31.7. The first-order chi connectivity index (χ1) is 20.8. The van der Waals surface area contributed by atoms with Gasteiger partial charge in [0, 0.05) is 37.6 Å². The number of nitrogens with zero attached hydrogens (tertiary/aromatic N) is 8. The highest BCUT2D eigenvalue weighted by Gasteiger charge is 2.11. The summed E-state index contributed by atoms with van der Waals surface area (Å²) in [6.45, 7) is 4.54. The summed E-state index contributed by atoms with van der Waals surface area (Å²) in [7, 11) is 0. The van der Waals surface area contributed by atoms with Gasteiger partial charge in [0.1, 0.15) is 0 Å². The minimum atomic E-state index is 0.747. The van der Waals surface area contributed by atoms with Gasteiger partial charge in [0.2, 0.25) is 0 Å². The summed E-state index contributed by atoms with van der Waals surface area (Å²) in [5.41, 5.74) is 7.23. The van der Waals surface area contributed by atoms with E-state index in [1.165, 1.54) is 49.9 Å². The zero-order valence-electron chi connectivity index (χ0n) is 23.9. The van der Waals surface area contributed by atoms with Crippen molar-refractivity contribution in [1.82, 2.24) is 0 Å². The molecule has 0 aliphatic carbocycles. The molecule has 2 aliphatic rings. The van der Waals surface area contributed by atoms with E-state index >= 15 is 0 Å². The van der Waals surface area contributed by atoms with E-state index in [0.717, 1.165) is 60.3 Å². The van der Waals surface area contributed by atoms with E-state index in [-0.39, 0.29) is 0 Å². The number of anilines is 2. The van der Waals surface area contributed by atoms with Crippen molar-refractivity contribution in [3.8, 4) is 0 Å². The number of azo groups is 3. The van der Waals surface area contributed by atoms with Gasteiger partial charge in [-0.15, -0.1) is 0 Å². The fourth-order valence-corrected chi connectivity index (χ4v) is 5.28. The summed E-state index contributed by atoms with van der Waals surface area (Å²) >= 11 is 0. The third kappa shape index (κ3) is 7.51. The van der Waals surface area contributed by atoms with Crippen molar-refractivity contribution in [3.05, 3.63) is 97.1 Å². The van der Waals surface area contributed by atoms with Gasteiger partial charge in [-0.3, -0.25) is 0 Å². The van der Waals surface area contributed by atoms with Crippen LogP contribution in [0.1, 0.15) is 38.5 Å². The lowest BCUT2D eigenvalue weighted by Crippen LogP contribution is -2.29. The van der Waals surface area contributed by atoms with Crippen LogP contribution in [0.3, 0.4) is 0 Å². The number of hydrogen-bond donors (Lipinski definition) is 0. The van der Waals surface area contributed by atoms with Crippen LogP contribution < -0.4 is 9.80 Å². The number of rotatable bonds is 8. The molecule has 0 amide bonds. The molecule has 0 saturated carbocycles. The van der Waals surface area contributed by atoms with Crippen molar-refractivity contribution in [3.63, 3.8) is 0 Å². The molecule has 42 heavy (non-hydrogen) atoms. The molecular formula is C34H36N8. The quantitative estimate of drug-likeness (QED) is 0.202. The van der Waals surface area contributed by atoms with Crippen molar-refractivity contribution in [2.24, 2.45) is 30.7 Å². The summed E-state index contributed by atoms with van der Waals surface area (Å²) < 4.78 is 0. The van der Waals surface area contributed by atoms with Crippen LogP contribution in [0.4, 0.5) is 45.5 Å². The first-order valence-corrected chi connectivity index (χ1v) is 14.9. The molecule has 4 aromatic carbocycles. The van der Waals surface area contributed by atoms with Crippen LogP contribution in [0.5, 0.6) is 0 Å². The Morgan fingerprint density at radius 1 is 0.286 bits per heavy atom. The minimum absolute atomic E-state index is 0.747. The summed E-state index contributed by atoms with van der Waals surface area (Å²) in [6.07, 6.45) is 7.74. The monoisotopic (exact) mass is 556 g/mol. The van der Waals surface area contributed by atoms with Crippen molar-refractivity contribution in [2.45, 2.75) is 38.5 Å². The van der Waals surface area contributed by atoms with Gasteiger partial charge < -0.3 is 9.80 Å². The zero-order chi connectivity index (χ0) is 28.4. The molecular weight excluding hydrogens is 520 g/mol. The predicted octanol–water partition coefficient (Wildman–Crippen LogP) is 10.9. The van der Waals surface area contributed by atoms with Gasteiger partial charge in [0.05, 0.1) is 34.1 Å². The molecule has 2 aliphatic heterocycles. The molecule has 8 nitrogen and oxygen atoms in total. The van der Waals surface area contributed by atoms with E-state index < -0.39 is 0 Å². The van der Waals surface area contributed by atoms with Crippen LogP contribution >= 0.6 is 0 Å². The molecule has 212 valence electrons. The van der Waals surface area contributed by atoms with Crippen LogP contribution in [0.25, 0.3) is 0 Å². The van der Waals surface area contributed by atoms with Crippen LogP contribution in [-0.4, -0.2) is 26.2 Å². The Hall–Kier alpha value is -4.72. The maximum Gasteiger partial charge on any atom is 0.0858 e. The molecule has 8 heteroatoms. The molecule has 2 saturated heterocycles. The van der Waals surface area contributed by atoms with Crippen LogP contribution in [-0.2, 0) is 0 Å². The van der Waals surface area contributed by atoms with E-state index in [1.54, 1.807) is 0 Å². The molecule has 6 rings (SSSR count). The summed E-state index contributed by atoms with van der Waals surface area (Å²) in [5.74, 6) is 0. The Morgan fingerprint density at radius 2 is 0.500 bits per heavy atom. The van der Waals surface area contributed by atoms with Crippen molar-refractivity contribution < 1.29 is 0 Å². The number of piperidine rings is 2. The van der Waals surface area contributed by atoms with Crippen molar-refractivity contribution >= 4 is 45.5 Å². The average Bonchev–Trinajstić information content (AvgIpc) is 3.08. The normalized spacial score (nSPS) is 16.2. The highest BCUT2D eigenvalue weighted by Crippen LogP contribution is 2.28. The van der Waals surface area contributed by atoms with Gasteiger partial charge in [-0.25, -0.2) is 0 Å². The van der Waals surface area contributed by atoms with Gasteiger partial charge in [0.25, 0.3) is 0 Å².